The van der Waals surface area contributed by atoms with E-state index in [1.165, 1.54) is 43.5 Å². The number of rotatable bonds is 9. The number of nitrogens with one attached hydrogen (secondary N) is 1. The molecular weight excluding hydrogens is 480 g/mol. The lowest BCUT2D eigenvalue weighted by Crippen LogP contribution is -2.38. The number of halogens is 1. The average molecular weight is 503 g/mol. The van der Waals surface area contributed by atoms with Crippen LogP contribution in [0, 0.1) is 0 Å². The minimum Gasteiger partial charge on any atom is -0.497 e. The van der Waals surface area contributed by atoms with E-state index in [0.717, 1.165) is 4.31 Å². The molecule has 3 aromatic rings. The molecule has 0 spiro atoms. The third-order valence-electron chi connectivity index (χ3n) is 4.71. The number of hydrogen-bond acceptors (Lipinski definition) is 6. The number of hydrogen-bond donors (Lipinski definition) is 1. The Labute approximate surface area is 203 Å². The largest absolute Gasteiger partial charge is 0.497 e. The van der Waals surface area contributed by atoms with Crippen molar-refractivity contribution in [1.29, 1.82) is 0 Å². The number of carbonyl (C=O) groups excluding carboxylic acids is 2. The van der Waals surface area contributed by atoms with Crippen molar-refractivity contribution in [2.24, 2.45) is 0 Å². The second-order valence-electron chi connectivity index (χ2n) is 6.99. The average Bonchev–Trinajstić information content (AvgIpc) is 2.84. The normalized spacial score (nSPS) is 10.9. The highest BCUT2D eigenvalue weighted by molar-refractivity contribution is 7.92. The highest BCUT2D eigenvalue weighted by Gasteiger charge is 2.27. The fourth-order valence-corrected chi connectivity index (χ4v) is 4.73. The van der Waals surface area contributed by atoms with Gasteiger partial charge in [-0.3, -0.25) is 9.10 Å². The number of nitrogens with zero attached hydrogens (tertiary/aromatic N) is 1. The smallest absolute Gasteiger partial charge is 0.339 e. The van der Waals surface area contributed by atoms with Gasteiger partial charge in [0.15, 0.2) is 0 Å². The Hall–Kier alpha value is -3.56. The van der Waals surface area contributed by atoms with Crippen LogP contribution in [0.5, 0.6) is 5.75 Å². The molecule has 0 saturated carbocycles. The first-order valence-electron chi connectivity index (χ1n) is 10.2. The van der Waals surface area contributed by atoms with Crippen molar-refractivity contribution in [1.82, 2.24) is 0 Å². The Balaban J connectivity index is 1.92. The van der Waals surface area contributed by atoms with E-state index in [1.54, 1.807) is 43.3 Å². The van der Waals surface area contributed by atoms with E-state index < -0.39 is 28.4 Å². The van der Waals surface area contributed by atoms with Gasteiger partial charge in [-0.2, -0.15) is 0 Å². The van der Waals surface area contributed by atoms with Crippen molar-refractivity contribution >= 4 is 44.9 Å². The first-order valence-corrected chi connectivity index (χ1v) is 12.1. The molecule has 10 heteroatoms. The molecule has 0 unspecified atom stereocenters. The Kier molecular flexibility index (Phi) is 8.14. The van der Waals surface area contributed by atoms with Gasteiger partial charge < -0.3 is 14.8 Å². The van der Waals surface area contributed by atoms with Gasteiger partial charge in [0.2, 0.25) is 5.91 Å². The molecule has 1 amide bonds. The van der Waals surface area contributed by atoms with Crippen molar-refractivity contribution in [3.63, 3.8) is 0 Å². The molecule has 0 aliphatic heterocycles. The summed E-state index contributed by atoms with van der Waals surface area (Å²) in [6.45, 7) is 1.30. The van der Waals surface area contributed by atoms with E-state index in [2.05, 4.69) is 5.32 Å². The molecule has 178 valence electrons. The van der Waals surface area contributed by atoms with Crippen LogP contribution in [0.15, 0.2) is 77.7 Å². The van der Waals surface area contributed by atoms with Crippen molar-refractivity contribution in [3.8, 4) is 5.75 Å². The lowest BCUT2D eigenvalue weighted by atomic mass is 10.2. The van der Waals surface area contributed by atoms with Crippen LogP contribution in [0.2, 0.25) is 5.02 Å². The Morgan fingerprint density at radius 2 is 1.74 bits per heavy atom. The maximum absolute atomic E-state index is 13.4. The van der Waals surface area contributed by atoms with E-state index in [4.69, 9.17) is 21.1 Å². The van der Waals surface area contributed by atoms with Crippen LogP contribution in [0.3, 0.4) is 0 Å². The van der Waals surface area contributed by atoms with Gasteiger partial charge in [-0.25, -0.2) is 13.2 Å². The highest BCUT2D eigenvalue weighted by Crippen LogP contribution is 2.27. The molecule has 0 aliphatic carbocycles. The van der Waals surface area contributed by atoms with Crippen molar-refractivity contribution < 1.29 is 27.5 Å². The molecule has 0 saturated heterocycles. The van der Waals surface area contributed by atoms with Crippen LogP contribution >= 0.6 is 11.6 Å². The zero-order valence-electron chi connectivity index (χ0n) is 18.5. The summed E-state index contributed by atoms with van der Waals surface area (Å²) in [6.07, 6.45) is 0. The van der Waals surface area contributed by atoms with Gasteiger partial charge in [0.1, 0.15) is 12.3 Å². The highest BCUT2D eigenvalue weighted by atomic mass is 35.5. The summed E-state index contributed by atoms with van der Waals surface area (Å²) >= 11 is 6.07. The second kappa shape index (κ2) is 11.0. The summed E-state index contributed by atoms with van der Waals surface area (Å²) < 4.78 is 38.0. The first kappa shape index (κ1) is 25.1. The third-order valence-corrected chi connectivity index (χ3v) is 6.82. The second-order valence-corrected chi connectivity index (χ2v) is 9.26. The number of benzene rings is 3. The van der Waals surface area contributed by atoms with Crippen molar-refractivity contribution in [2.45, 2.75) is 11.8 Å². The maximum atomic E-state index is 13.4. The number of ether oxygens (including phenoxy) is 2. The summed E-state index contributed by atoms with van der Waals surface area (Å²) in [5.74, 6) is -0.823. The molecule has 3 rings (SSSR count). The van der Waals surface area contributed by atoms with E-state index in [0.29, 0.717) is 5.75 Å². The van der Waals surface area contributed by atoms with Crippen LogP contribution in [0.4, 0.5) is 11.4 Å². The van der Waals surface area contributed by atoms with Gasteiger partial charge in [0, 0.05) is 11.8 Å². The standard InChI is InChI=1S/C24H23ClN2O6S/c1-3-33-24(29)21-14-17(12-13-22(21)25)26-23(28)16-27(18-8-7-9-19(15-18)32-2)34(30,31)20-10-5-4-6-11-20/h4-15H,3,16H2,1-2H3,(H,26,28). The summed E-state index contributed by atoms with van der Waals surface area (Å²) in [5, 5.41) is 2.78. The molecule has 1 N–H and O–H groups in total. The number of esters is 1. The molecule has 0 heterocycles. The Morgan fingerprint density at radius 1 is 1.00 bits per heavy atom. The predicted molar refractivity (Wildman–Crippen MR) is 130 cm³/mol. The molecule has 0 radical (unpaired) electrons. The number of anilines is 2. The molecule has 3 aromatic carbocycles. The van der Waals surface area contributed by atoms with Gasteiger partial charge >= 0.3 is 5.97 Å². The molecule has 0 atom stereocenters. The van der Waals surface area contributed by atoms with Crippen LogP contribution in [-0.2, 0) is 19.6 Å². The lowest BCUT2D eigenvalue weighted by molar-refractivity contribution is -0.114. The van der Waals surface area contributed by atoms with Gasteiger partial charge in [-0.05, 0) is 49.4 Å². The van der Waals surface area contributed by atoms with Gasteiger partial charge in [-0.15, -0.1) is 0 Å². The first-order chi connectivity index (χ1) is 16.3. The van der Waals surface area contributed by atoms with Gasteiger partial charge in [0.05, 0.1) is 34.9 Å². The molecule has 0 fully saturated rings. The SMILES string of the molecule is CCOC(=O)c1cc(NC(=O)CN(c2cccc(OC)c2)S(=O)(=O)c2ccccc2)ccc1Cl. The molecule has 0 aromatic heterocycles. The molecule has 8 nitrogen and oxygen atoms in total. The fourth-order valence-electron chi connectivity index (χ4n) is 3.10. The van der Waals surface area contributed by atoms with Crippen molar-refractivity contribution in [3.05, 3.63) is 83.4 Å². The topological polar surface area (TPSA) is 102 Å². The van der Waals surface area contributed by atoms with E-state index in [1.807, 2.05) is 0 Å². The van der Waals surface area contributed by atoms with Gasteiger partial charge in [0.25, 0.3) is 10.0 Å². The number of carbonyl (C=O) groups is 2. The monoisotopic (exact) mass is 502 g/mol. The molecular formula is C24H23ClN2O6S. The summed E-state index contributed by atoms with van der Waals surface area (Å²) in [6, 6.07) is 18.5. The molecule has 0 bridgehead atoms. The molecule has 0 aliphatic rings. The van der Waals surface area contributed by atoms with Crippen molar-refractivity contribution in [2.75, 3.05) is 29.9 Å². The fraction of sp³-hybridized carbons (Fsp3) is 0.167. The number of amides is 1. The minimum absolute atomic E-state index is 0.0294. The van der Waals surface area contributed by atoms with E-state index >= 15 is 0 Å². The van der Waals surface area contributed by atoms with E-state index in [-0.39, 0.29) is 33.5 Å². The maximum Gasteiger partial charge on any atom is 0.339 e. The third kappa shape index (κ3) is 5.86. The predicted octanol–water partition coefficient (Wildman–Crippen LogP) is 4.36. The summed E-state index contributed by atoms with van der Waals surface area (Å²) in [7, 11) is -2.62. The number of methoxy groups -OCH3 is 1. The molecule has 34 heavy (non-hydrogen) atoms. The Bertz CT molecular complexity index is 1280. The van der Waals surface area contributed by atoms with Crippen LogP contribution < -0.4 is 14.4 Å². The summed E-state index contributed by atoms with van der Waals surface area (Å²) in [4.78, 5) is 25.0. The lowest BCUT2D eigenvalue weighted by Gasteiger charge is -2.24. The van der Waals surface area contributed by atoms with Crippen LogP contribution in [-0.4, -0.2) is 40.6 Å². The zero-order chi connectivity index (χ0) is 24.7. The number of sulfonamides is 1. The zero-order valence-corrected chi connectivity index (χ0v) is 20.1. The summed E-state index contributed by atoms with van der Waals surface area (Å²) in [5.41, 5.74) is 0.602. The van der Waals surface area contributed by atoms with Crippen LogP contribution in [0.1, 0.15) is 17.3 Å². The van der Waals surface area contributed by atoms with E-state index in [9.17, 15) is 18.0 Å². The van der Waals surface area contributed by atoms with Crippen LogP contribution in [0.25, 0.3) is 0 Å². The van der Waals surface area contributed by atoms with Gasteiger partial charge in [-0.1, -0.05) is 35.9 Å². The Morgan fingerprint density at radius 3 is 2.41 bits per heavy atom. The minimum atomic E-state index is -4.08. The quantitative estimate of drug-likeness (QED) is 0.436.